The lowest BCUT2D eigenvalue weighted by atomic mass is 10.4. The Bertz CT molecular complexity index is 334. The summed E-state index contributed by atoms with van der Waals surface area (Å²) in [7, 11) is -6.41. The van der Waals surface area contributed by atoms with Crippen molar-refractivity contribution in [2.45, 2.75) is 58.7 Å². The minimum atomic E-state index is -2.61. The molecule has 0 aliphatic carbocycles. The van der Waals surface area contributed by atoms with Crippen molar-refractivity contribution in [1.29, 1.82) is 0 Å². The van der Waals surface area contributed by atoms with Crippen LogP contribution in [0.3, 0.4) is 0 Å². The average molecular weight is 381 g/mol. The molecule has 0 aromatic heterocycles. The van der Waals surface area contributed by atoms with Crippen molar-refractivity contribution in [2.75, 3.05) is 6.61 Å². The molecule has 0 bridgehead atoms. The topological polar surface area (TPSA) is 54.0 Å². The highest BCUT2D eigenvalue weighted by molar-refractivity contribution is 6.79. The van der Waals surface area contributed by atoms with Crippen molar-refractivity contribution in [2.24, 2.45) is 0 Å². The van der Waals surface area contributed by atoms with Crippen LogP contribution in [0, 0.1) is 0 Å². The third-order valence-electron chi connectivity index (χ3n) is 2.45. The molecule has 0 N–H and O–H groups in total. The van der Waals surface area contributed by atoms with Crippen molar-refractivity contribution >= 4 is 41.9 Å². The maximum atomic E-state index is 11.4. The van der Waals surface area contributed by atoms with Crippen LogP contribution in [0.25, 0.3) is 0 Å². The Labute approximate surface area is 141 Å². The van der Waals surface area contributed by atoms with Crippen molar-refractivity contribution in [3.63, 3.8) is 0 Å². The molecule has 5 nitrogen and oxygen atoms in total. The van der Waals surface area contributed by atoms with Crippen LogP contribution >= 0.6 is 0 Å². The van der Waals surface area contributed by atoms with Gasteiger partial charge < -0.3 is 17.1 Å². The van der Waals surface area contributed by atoms with E-state index >= 15 is 0 Å². The Balaban J connectivity index is 4.73. The van der Waals surface area contributed by atoms with Gasteiger partial charge in [-0.2, -0.15) is 0 Å². The number of rotatable bonds is 11. The van der Waals surface area contributed by atoms with E-state index in [1.165, 1.54) is 0 Å². The van der Waals surface area contributed by atoms with Crippen LogP contribution in [0.15, 0.2) is 12.2 Å². The van der Waals surface area contributed by atoms with Crippen molar-refractivity contribution < 1.29 is 21.9 Å². The van der Waals surface area contributed by atoms with E-state index in [2.05, 4.69) is 45.9 Å². The predicted molar refractivity (Wildman–Crippen MR) is 101 cm³/mol. The minimum Gasteiger partial charge on any atom is -0.462 e. The first-order chi connectivity index (χ1) is 10.1. The van der Waals surface area contributed by atoms with E-state index in [1.54, 1.807) is 6.92 Å². The molecule has 0 unspecified atom stereocenters. The lowest BCUT2D eigenvalue weighted by molar-refractivity contribution is -0.138. The molecule has 0 amide bonds. The molecule has 22 heavy (non-hydrogen) atoms. The molecule has 9 heteroatoms. The van der Waals surface area contributed by atoms with Gasteiger partial charge in [-0.1, -0.05) is 6.58 Å². The van der Waals surface area contributed by atoms with E-state index in [4.69, 9.17) is 17.1 Å². The second kappa shape index (κ2) is 10.7. The summed E-state index contributed by atoms with van der Waals surface area (Å²) in [6, 6.07) is 0.720. The molecule has 0 aliphatic rings. The summed E-state index contributed by atoms with van der Waals surface area (Å²) >= 11 is 0. The van der Waals surface area contributed by atoms with E-state index in [0.29, 0.717) is 18.6 Å². The minimum absolute atomic E-state index is 0.343. The largest absolute Gasteiger partial charge is 0.469 e. The normalized spacial score (nSPS) is 12.3. The Hall–Kier alpha value is -0.0425. The maximum absolute atomic E-state index is 11.4. The number of hydrogen-bond donors (Lipinski definition) is 0. The average Bonchev–Trinajstić information content (AvgIpc) is 2.31. The molecule has 0 saturated heterocycles. The first kappa shape index (κ1) is 22.0. The standard InChI is InChI=1S/C13H32O5Si4/c1-12(2)13(14)15-10-9-11-22(16-19(3)4,17-20(5)6)18-21(7)8/h19-21H,1,9-11H2,2-8H3. The first-order valence-corrected chi connectivity index (χ1v) is 18.2. The molecular weight excluding hydrogens is 348 g/mol. The summed E-state index contributed by atoms with van der Waals surface area (Å²) < 4.78 is 23.9. The fourth-order valence-electron chi connectivity index (χ4n) is 1.91. The highest BCUT2D eigenvalue weighted by atomic mass is 28.5. The molecule has 0 rings (SSSR count). The summed E-state index contributed by atoms with van der Waals surface area (Å²) in [6.07, 6.45) is 0.703. The Kier molecular flexibility index (Phi) is 10.7. The summed E-state index contributed by atoms with van der Waals surface area (Å²) in [4.78, 5) is 11.4. The van der Waals surface area contributed by atoms with Crippen LogP contribution in [-0.4, -0.2) is 48.5 Å². The second-order valence-electron chi connectivity index (χ2n) is 6.20. The van der Waals surface area contributed by atoms with Crippen molar-refractivity contribution in [3.05, 3.63) is 12.2 Å². The summed E-state index contributed by atoms with van der Waals surface area (Å²) in [5.41, 5.74) is 0.422. The van der Waals surface area contributed by atoms with Crippen LogP contribution in [0.2, 0.25) is 45.3 Å². The van der Waals surface area contributed by atoms with Gasteiger partial charge >= 0.3 is 14.8 Å². The Morgan fingerprint density at radius 2 is 1.36 bits per heavy atom. The van der Waals surface area contributed by atoms with E-state index in [-0.39, 0.29) is 5.97 Å². The van der Waals surface area contributed by atoms with Gasteiger partial charge in [-0.05, 0) is 52.6 Å². The van der Waals surface area contributed by atoms with Gasteiger partial charge in [0.2, 0.25) is 0 Å². The molecule has 0 radical (unpaired) electrons. The third kappa shape index (κ3) is 9.87. The van der Waals surface area contributed by atoms with Gasteiger partial charge in [0.25, 0.3) is 0 Å². The molecule has 0 saturated carbocycles. The zero-order valence-corrected chi connectivity index (χ0v) is 19.6. The lowest BCUT2D eigenvalue weighted by Gasteiger charge is -2.35. The molecule has 0 spiro atoms. The Morgan fingerprint density at radius 1 is 0.955 bits per heavy atom. The van der Waals surface area contributed by atoms with Crippen LogP contribution < -0.4 is 0 Å². The van der Waals surface area contributed by atoms with Crippen LogP contribution in [-0.2, 0) is 21.9 Å². The van der Waals surface area contributed by atoms with E-state index < -0.39 is 35.9 Å². The fraction of sp³-hybridized carbons (Fsp3) is 0.769. The second-order valence-corrected chi connectivity index (χ2v) is 17.2. The number of carbonyl (C=O) groups is 1. The van der Waals surface area contributed by atoms with Crippen molar-refractivity contribution in [3.8, 4) is 0 Å². The quantitative estimate of drug-likeness (QED) is 0.238. The summed E-state index contributed by atoms with van der Waals surface area (Å²) in [5.74, 6) is -0.343. The maximum Gasteiger partial charge on any atom is 0.469 e. The number of carbonyl (C=O) groups excluding carboxylic acids is 1. The highest BCUT2D eigenvalue weighted by Gasteiger charge is 2.42. The molecular formula is C13H32O5Si4. The molecule has 0 heterocycles. The van der Waals surface area contributed by atoms with Gasteiger partial charge in [-0.3, -0.25) is 0 Å². The van der Waals surface area contributed by atoms with Crippen LogP contribution in [0.1, 0.15) is 13.3 Å². The number of ether oxygens (including phenoxy) is 1. The monoisotopic (exact) mass is 380 g/mol. The van der Waals surface area contributed by atoms with E-state index in [1.807, 2.05) is 0 Å². The molecule has 0 atom stereocenters. The highest BCUT2D eigenvalue weighted by Crippen LogP contribution is 2.21. The molecule has 0 aromatic carbocycles. The molecule has 130 valence electrons. The SMILES string of the molecule is C=C(C)C(=O)OCCC[Si](O[SiH](C)C)(O[SiH](C)C)O[SiH](C)C. The van der Waals surface area contributed by atoms with Gasteiger partial charge in [0, 0.05) is 11.6 Å². The fourth-order valence-corrected chi connectivity index (χ4v) is 14.7. The molecule has 0 fully saturated rings. The van der Waals surface area contributed by atoms with Gasteiger partial charge in [-0.15, -0.1) is 0 Å². The molecule has 0 aromatic rings. The van der Waals surface area contributed by atoms with Crippen LogP contribution in [0.5, 0.6) is 0 Å². The molecule has 0 aliphatic heterocycles. The number of hydrogen-bond acceptors (Lipinski definition) is 5. The van der Waals surface area contributed by atoms with Gasteiger partial charge in [0.15, 0.2) is 27.1 Å². The summed E-state index contributed by atoms with van der Waals surface area (Å²) in [5, 5.41) is 0. The predicted octanol–water partition coefficient (Wildman–Crippen LogP) is 2.43. The van der Waals surface area contributed by atoms with Gasteiger partial charge in [0.05, 0.1) is 6.61 Å². The van der Waals surface area contributed by atoms with E-state index in [9.17, 15) is 4.79 Å². The number of esters is 1. The zero-order chi connectivity index (χ0) is 17.3. The van der Waals surface area contributed by atoms with Gasteiger partial charge in [-0.25, -0.2) is 4.79 Å². The van der Waals surface area contributed by atoms with Crippen molar-refractivity contribution in [1.82, 2.24) is 0 Å². The first-order valence-electron chi connectivity index (χ1n) is 7.94. The smallest absolute Gasteiger partial charge is 0.462 e. The Morgan fingerprint density at radius 3 is 1.68 bits per heavy atom. The van der Waals surface area contributed by atoms with Gasteiger partial charge in [0.1, 0.15) is 0 Å². The summed E-state index contributed by atoms with van der Waals surface area (Å²) in [6.45, 7) is 18.4. The van der Waals surface area contributed by atoms with E-state index in [0.717, 1.165) is 6.04 Å². The zero-order valence-electron chi connectivity index (χ0n) is 15.1. The third-order valence-corrected chi connectivity index (χ3v) is 13.4. The lowest BCUT2D eigenvalue weighted by Crippen LogP contribution is -2.53. The van der Waals surface area contributed by atoms with Crippen LogP contribution in [0.4, 0.5) is 0 Å².